The van der Waals surface area contributed by atoms with Crippen LogP contribution in [0, 0.1) is 24.5 Å². The standard InChI is InChI=1S/C21H20F2N2O2/c1-12-8-16(18(23)10-17(12)22)21(27)24-15-5-6-19-14(9-15)4-7-20(26)25(19)11-13-2-3-13/h5-6,8-10,13H,2-4,7,11H2,1H3,(H,24,27). The van der Waals surface area contributed by atoms with Gasteiger partial charge in [-0.2, -0.15) is 0 Å². The number of nitrogens with zero attached hydrogens (tertiary/aromatic N) is 1. The molecular formula is C21H20F2N2O2. The molecule has 0 unspecified atom stereocenters. The Morgan fingerprint density at radius 2 is 1.93 bits per heavy atom. The molecule has 1 heterocycles. The zero-order valence-electron chi connectivity index (χ0n) is 15.0. The molecule has 0 atom stereocenters. The molecule has 0 radical (unpaired) electrons. The zero-order chi connectivity index (χ0) is 19.1. The second kappa shape index (κ2) is 6.76. The molecule has 1 aliphatic heterocycles. The van der Waals surface area contributed by atoms with Crippen molar-refractivity contribution in [3.8, 4) is 0 Å². The quantitative estimate of drug-likeness (QED) is 0.876. The van der Waals surface area contributed by atoms with Crippen LogP contribution in [0.3, 0.4) is 0 Å². The van der Waals surface area contributed by atoms with E-state index < -0.39 is 17.5 Å². The molecule has 6 heteroatoms. The van der Waals surface area contributed by atoms with Gasteiger partial charge in [0.15, 0.2) is 0 Å². The van der Waals surface area contributed by atoms with E-state index in [1.807, 2.05) is 17.0 Å². The van der Waals surface area contributed by atoms with E-state index in [-0.39, 0.29) is 17.0 Å². The number of carbonyl (C=O) groups excluding carboxylic acids is 2. The Bertz CT molecular complexity index is 938. The van der Waals surface area contributed by atoms with E-state index in [2.05, 4.69) is 5.32 Å². The summed E-state index contributed by atoms with van der Waals surface area (Å²) in [6, 6.07) is 7.29. The van der Waals surface area contributed by atoms with Crippen LogP contribution in [0.5, 0.6) is 0 Å². The van der Waals surface area contributed by atoms with Crippen molar-refractivity contribution in [1.82, 2.24) is 0 Å². The average Bonchev–Trinajstić information content (AvgIpc) is 3.44. The van der Waals surface area contributed by atoms with Crippen LogP contribution in [0.25, 0.3) is 0 Å². The third kappa shape index (κ3) is 3.56. The fourth-order valence-corrected chi connectivity index (χ4v) is 3.43. The van der Waals surface area contributed by atoms with Crippen LogP contribution in [0.4, 0.5) is 20.2 Å². The number of nitrogens with one attached hydrogen (secondary N) is 1. The summed E-state index contributed by atoms with van der Waals surface area (Å²) in [5.74, 6) is -1.48. The molecule has 2 aliphatic rings. The molecule has 1 saturated carbocycles. The summed E-state index contributed by atoms with van der Waals surface area (Å²) in [5, 5.41) is 2.67. The number of halogens is 2. The minimum absolute atomic E-state index is 0.134. The number of amides is 2. The van der Waals surface area contributed by atoms with Crippen LogP contribution in [0.1, 0.15) is 40.7 Å². The number of hydrogen-bond donors (Lipinski definition) is 1. The minimum atomic E-state index is -0.894. The first-order chi connectivity index (χ1) is 12.9. The lowest BCUT2D eigenvalue weighted by Gasteiger charge is -2.30. The van der Waals surface area contributed by atoms with E-state index in [0.29, 0.717) is 24.4 Å². The molecule has 0 aromatic heterocycles. The predicted molar refractivity (Wildman–Crippen MR) is 98.9 cm³/mol. The van der Waals surface area contributed by atoms with Gasteiger partial charge >= 0.3 is 0 Å². The van der Waals surface area contributed by atoms with Crippen LogP contribution in [-0.2, 0) is 11.2 Å². The molecule has 4 nitrogen and oxygen atoms in total. The van der Waals surface area contributed by atoms with Crippen molar-refractivity contribution in [2.75, 3.05) is 16.8 Å². The molecular weight excluding hydrogens is 350 g/mol. The first-order valence-electron chi connectivity index (χ1n) is 9.12. The van der Waals surface area contributed by atoms with E-state index in [4.69, 9.17) is 0 Å². The number of hydrogen-bond acceptors (Lipinski definition) is 2. The van der Waals surface area contributed by atoms with Crippen molar-refractivity contribution < 1.29 is 18.4 Å². The number of fused-ring (bicyclic) bond motifs is 1. The summed E-state index contributed by atoms with van der Waals surface area (Å²) < 4.78 is 27.3. The van der Waals surface area contributed by atoms with E-state index in [0.717, 1.165) is 36.7 Å². The van der Waals surface area contributed by atoms with Crippen molar-refractivity contribution in [1.29, 1.82) is 0 Å². The van der Waals surface area contributed by atoms with Gasteiger partial charge in [-0.1, -0.05) is 0 Å². The van der Waals surface area contributed by atoms with Crippen molar-refractivity contribution in [3.63, 3.8) is 0 Å². The molecule has 2 aromatic rings. The monoisotopic (exact) mass is 370 g/mol. The summed E-state index contributed by atoms with van der Waals surface area (Å²) in [6.07, 6.45) is 3.39. The fourth-order valence-electron chi connectivity index (χ4n) is 3.43. The third-order valence-electron chi connectivity index (χ3n) is 5.17. The van der Waals surface area contributed by atoms with Gasteiger partial charge in [0.25, 0.3) is 5.91 Å². The Hall–Kier alpha value is -2.76. The lowest BCUT2D eigenvalue weighted by Crippen LogP contribution is -2.36. The van der Waals surface area contributed by atoms with Gasteiger partial charge < -0.3 is 10.2 Å². The van der Waals surface area contributed by atoms with E-state index in [1.54, 1.807) is 6.07 Å². The number of anilines is 2. The maximum Gasteiger partial charge on any atom is 0.258 e. The summed E-state index contributed by atoms with van der Waals surface area (Å²) >= 11 is 0. The Morgan fingerprint density at radius 3 is 2.67 bits per heavy atom. The van der Waals surface area contributed by atoms with Gasteiger partial charge in [0.1, 0.15) is 11.6 Å². The minimum Gasteiger partial charge on any atom is -0.322 e. The number of aryl methyl sites for hydroxylation is 2. The molecule has 1 aliphatic carbocycles. The maximum absolute atomic E-state index is 13.9. The second-order valence-electron chi connectivity index (χ2n) is 7.33. The average molecular weight is 370 g/mol. The molecule has 0 spiro atoms. The van der Waals surface area contributed by atoms with Crippen LogP contribution in [-0.4, -0.2) is 18.4 Å². The highest BCUT2D eigenvalue weighted by Gasteiger charge is 2.31. The predicted octanol–water partition coefficient (Wildman–Crippen LogP) is 4.21. The van der Waals surface area contributed by atoms with E-state index in [1.165, 1.54) is 13.0 Å². The van der Waals surface area contributed by atoms with Crippen LogP contribution < -0.4 is 10.2 Å². The van der Waals surface area contributed by atoms with Crippen molar-refractivity contribution in [2.45, 2.75) is 32.6 Å². The summed E-state index contributed by atoms with van der Waals surface area (Å²) in [5.41, 5.74) is 2.42. The molecule has 1 N–H and O–H groups in total. The molecule has 0 bridgehead atoms. The van der Waals surface area contributed by atoms with Crippen LogP contribution >= 0.6 is 0 Å². The van der Waals surface area contributed by atoms with Crippen LogP contribution in [0.2, 0.25) is 0 Å². The summed E-state index contributed by atoms with van der Waals surface area (Å²) in [6.45, 7) is 2.23. The van der Waals surface area contributed by atoms with Gasteiger partial charge in [-0.05, 0) is 67.5 Å². The van der Waals surface area contributed by atoms with Crippen molar-refractivity contribution in [2.24, 2.45) is 5.92 Å². The SMILES string of the molecule is Cc1cc(C(=O)Nc2ccc3c(c2)CCC(=O)N3CC2CC2)c(F)cc1F. The Balaban J connectivity index is 1.56. The Morgan fingerprint density at radius 1 is 1.15 bits per heavy atom. The Kier molecular flexibility index (Phi) is 4.42. The first-order valence-corrected chi connectivity index (χ1v) is 9.12. The number of carbonyl (C=O) groups is 2. The highest BCUT2D eigenvalue weighted by atomic mass is 19.1. The van der Waals surface area contributed by atoms with Crippen molar-refractivity contribution >= 4 is 23.2 Å². The number of rotatable bonds is 4. The van der Waals surface area contributed by atoms with Gasteiger partial charge in [0, 0.05) is 30.4 Å². The highest BCUT2D eigenvalue weighted by Crippen LogP contribution is 2.36. The van der Waals surface area contributed by atoms with Gasteiger partial charge in [-0.25, -0.2) is 8.78 Å². The van der Waals surface area contributed by atoms with Gasteiger partial charge in [-0.3, -0.25) is 9.59 Å². The molecule has 1 fully saturated rings. The normalized spacial score (nSPS) is 16.3. The zero-order valence-corrected chi connectivity index (χ0v) is 15.0. The summed E-state index contributed by atoms with van der Waals surface area (Å²) in [4.78, 5) is 26.5. The van der Waals surface area contributed by atoms with E-state index in [9.17, 15) is 18.4 Å². The number of benzene rings is 2. The van der Waals surface area contributed by atoms with Crippen molar-refractivity contribution in [3.05, 3.63) is 58.7 Å². The van der Waals surface area contributed by atoms with Gasteiger partial charge in [0.05, 0.1) is 5.56 Å². The molecule has 140 valence electrons. The Labute approximate surface area is 156 Å². The molecule has 2 aromatic carbocycles. The second-order valence-corrected chi connectivity index (χ2v) is 7.33. The molecule has 0 saturated heterocycles. The fraction of sp³-hybridized carbons (Fsp3) is 0.333. The lowest BCUT2D eigenvalue weighted by atomic mass is 10.00. The van der Waals surface area contributed by atoms with E-state index >= 15 is 0 Å². The highest BCUT2D eigenvalue weighted by molar-refractivity contribution is 6.05. The lowest BCUT2D eigenvalue weighted by molar-refractivity contribution is -0.119. The topological polar surface area (TPSA) is 49.4 Å². The third-order valence-corrected chi connectivity index (χ3v) is 5.17. The molecule has 2 amide bonds. The van der Waals surface area contributed by atoms with Gasteiger partial charge in [-0.15, -0.1) is 0 Å². The van der Waals surface area contributed by atoms with Gasteiger partial charge in [0.2, 0.25) is 5.91 Å². The molecule has 27 heavy (non-hydrogen) atoms. The smallest absolute Gasteiger partial charge is 0.258 e. The summed E-state index contributed by atoms with van der Waals surface area (Å²) in [7, 11) is 0. The van der Waals surface area contributed by atoms with Crippen LogP contribution in [0.15, 0.2) is 30.3 Å². The largest absolute Gasteiger partial charge is 0.322 e. The molecule has 4 rings (SSSR count). The maximum atomic E-state index is 13.9. The first kappa shape index (κ1) is 17.6.